The van der Waals surface area contributed by atoms with Gasteiger partial charge in [0.05, 0.1) is 0 Å². The standard InChI is InChI=1S/C13H17N3/c14-13-12(9-5-7-15-8-6-9)10-3-1-2-4-11(10)16-13/h1-4,9,15-16H,5-8,14H2. The molecule has 3 rings (SSSR count). The first-order chi connectivity index (χ1) is 7.86. The van der Waals surface area contributed by atoms with Gasteiger partial charge in [0.2, 0.25) is 0 Å². The monoisotopic (exact) mass is 215 g/mol. The van der Waals surface area contributed by atoms with Gasteiger partial charge in [0, 0.05) is 16.5 Å². The molecule has 0 bridgehead atoms. The number of piperidine rings is 1. The van der Waals surface area contributed by atoms with Crippen molar-refractivity contribution in [1.29, 1.82) is 0 Å². The third-order valence-electron chi connectivity index (χ3n) is 3.52. The molecule has 2 heterocycles. The van der Waals surface area contributed by atoms with Crippen molar-refractivity contribution in [3.8, 4) is 0 Å². The highest BCUT2D eigenvalue weighted by molar-refractivity contribution is 5.88. The fourth-order valence-electron chi connectivity index (χ4n) is 2.73. The summed E-state index contributed by atoms with van der Waals surface area (Å²) in [5.41, 5.74) is 8.60. The molecule has 1 aliphatic heterocycles. The van der Waals surface area contributed by atoms with Crippen LogP contribution in [0.2, 0.25) is 0 Å². The number of H-pyrrole nitrogens is 1. The smallest absolute Gasteiger partial charge is 0.105 e. The van der Waals surface area contributed by atoms with E-state index in [4.69, 9.17) is 5.73 Å². The summed E-state index contributed by atoms with van der Waals surface area (Å²) in [7, 11) is 0. The van der Waals surface area contributed by atoms with Gasteiger partial charge < -0.3 is 16.0 Å². The average Bonchev–Trinajstić information content (AvgIpc) is 2.66. The number of rotatable bonds is 1. The minimum Gasteiger partial charge on any atom is -0.385 e. The summed E-state index contributed by atoms with van der Waals surface area (Å²) < 4.78 is 0. The Morgan fingerprint density at radius 3 is 2.69 bits per heavy atom. The molecule has 0 atom stereocenters. The number of nitrogen functional groups attached to an aromatic ring is 1. The molecule has 1 aromatic carbocycles. The number of para-hydroxylation sites is 1. The zero-order valence-corrected chi connectivity index (χ0v) is 9.29. The van der Waals surface area contributed by atoms with Crippen molar-refractivity contribution in [3.05, 3.63) is 29.8 Å². The Bertz CT molecular complexity index is 495. The van der Waals surface area contributed by atoms with Crippen molar-refractivity contribution in [2.75, 3.05) is 18.8 Å². The van der Waals surface area contributed by atoms with E-state index in [1.54, 1.807) is 0 Å². The van der Waals surface area contributed by atoms with E-state index in [1.165, 1.54) is 23.8 Å². The molecular weight excluding hydrogens is 198 g/mol. The molecule has 2 aromatic rings. The van der Waals surface area contributed by atoms with Crippen molar-refractivity contribution < 1.29 is 0 Å². The van der Waals surface area contributed by atoms with E-state index in [-0.39, 0.29) is 0 Å². The zero-order valence-electron chi connectivity index (χ0n) is 9.29. The maximum Gasteiger partial charge on any atom is 0.105 e. The van der Waals surface area contributed by atoms with Crippen LogP contribution in [0, 0.1) is 0 Å². The minimum absolute atomic E-state index is 0.609. The van der Waals surface area contributed by atoms with E-state index in [9.17, 15) is 0 Å². The predicted octanol–water partition coefficient (Wildman–Crippen LogP) is 2.22. The van der Waals surface area contributed by atoms with Gasteiger partial charge in [-0.2, -0.15) is 0 Å². The van der Waals surface area contributed by atoms with Gasteiger partial charge in [-0.05, 0) is 37.9 Å². The highest BCUT2D eigenvalue weighted by Crippen LogP contribution is 2.35. The van der Waals surface area contributed by atoms with Crippen LogP contribution < -0.4 is 11.1 Å². The topological polar surface area (TPSA) is 53.8 Å². The SMILES string of the molecule is Nc1[nH]c2ccccc2c1C1CCNCC1. The van der Waals surface area contributed by atoms with Crippen LogP contribution in [0.5, 0.6) is 0 Å². The molecule has 0 spiro atoms. The molecule has 1 aromatic heterocycles. The molecule has 4 N–H and O–H groups in total. The van der Waals surface area contributed by atoms with Crippen molar-refractivity contribution in [1.82, 2.24) is 10.3 Å². The second-order valence-electron chi connectivity index (χ2n) is 4.52. The minimum atomic E-state index is 0.609. The number of benzene rings is 1. The number of nitrogens with one attached hydrogen (secondary N) is 2. The third kappa shape index (κ3) is 1.48. The lowest BCUT2D eigenvalue weighted by Crippen LogP contribution is -2.26. The lowest BCUT2D eigenvalue weighted by molar-refractivity contribution is 0.463. The number of fused-ring (bicyclic) bond motifs is 1. The summed E-state index contributed by atoms with van der Waals surface area (Å²) in [4.78, 5) is 3.28. The highest BCUT2D eigenvalue weighted by Gasteiger charge is 2.21. The molecule has 0 radical (unpaired) electrons. The van der Waals surface area contributed by atoms with Crippen molar-refractivity contribution in [3.63, 3.8) is 0 Å². The molecular formula is C13H17N3. The number of anilines is 1. The lowest BCUT2D eigenvalue weighted by atomic mass is 9.89. The normalized spacial score (nSPS) is 18.0. The molecule has 0 aliphatic carbocycles. The Kier molecular flexibility index (Phi) is 2.33. The maximum absolute atomic E-state index is 6.11. The number of hydrogen-bond acceptors (Lipinski definition) is 2. The van der Waals surface area contributed by atoms with Crippen LogP contribution in [0.1, 0.15) is 24.3 Å². The molecule has 0 amide bonds. The Morgan fingerprint density at radius 2 is 1.88 bits per heavy atom. The molecule has 1 aliphatic rings. The summed E-state index contributed by atoms with van der Waals surface area (Å²) in [5, 5.41) is 4.69. The number of nitrogens with two attached hydrogens (primary N) is 1. The summed E-state index contributed by atoms with van der Waals surface area (Å²) in [6.45, 7) is 2.20. The first kappa shape index (κ1) is 9.73. The Labute approximate surface area is 95.0 Å². The van der Waals surface area contributed by atoms with Gasteiger partial charge >= 0.3 is 0 Å². The van der Waals surface area contributed by atoms with Gasteiger partial charge in [0.25, 0.3) is 0 Å². The molecule has 1 fully saturated rings. The van der Waals surface area contributed by atoms with Gasteiger partial charge in [0.1, 0.15) is 5.82 Å². The Balaban J connectivity index is 2.10. The molecule has 1 saturated heterocycles. The van der Waals surface area contributed by atoms with E-state index >= 15 is 0 Å². The van der Waals surface area contributed by atoms with E-state index in [1.807, 2.05) is 6.07 Å². The van der Waals surface area contributed by atoms with E-state index < -0.39 is 0 Å². The van der Waals surface area contributed by atoms with Crippen molar-refractivity contribution in [2.45, 2.75) is 18.8 Å². The fourth-order valence-corrected chi connectivity index (χ4v) is 2.73. The van der Waals surface area contributed by atoms with Gasteiger partial charge in [-0.3, -0.25) is 0 Å². The van der Waals surface area contributed by atoms with Gasteiger partial charge in [0.15, 0.2) is 0 Å². The largest absolute Gasteiger partial charge is 0.385 e. The first-order valence-electron chi connectivity index (χ1n) is 5.93. The molecule has 3 nitrogen and oxygen atoms in total. The number of hydrogen-bond donors (Lipinski definition) is 3. The van der Waals surface area contributed by atoms with E-state index in [0.29, 0.717) is 5.92 Å². The second-order valence-corrected chi connectivity index (χ2v) is 4.52. The second kappa shape index (κ2) is 3.83. The predicted molar refractivity (Wildman–Crippen MR) is 67.6 cm³/mol. The van der Waals surface area contributed by atoms with Crippen molar-refractivity contribution in [2.24, 2.45) is 0 Å². The Morgan fingerprint density at radius 1 is 1.12 bits per heavy atom. The van der Waals surface area contributed by atoms with Crippen molar-refractivity contribution >= 4 is 16.7 Å². The van der Waals surface area contributed by atoms with Gasteiger partial charge in [-0.1, -0.05) is 18.2 Å². The van der Waals surface area contributed by atoms with Crippen LogP contribution in [-0.2, 0) is 0 Å². The summed E-state index contributed by atoms with van der Waals surface area (Å²) in [6.07, 6.45) is 2.37. The fraction of sp³-hybridized carbons (Fsp3) is 0.385. The zero-order chi connectivity index (χ0) is 11.0. The van der Waals surface area contributed by atoms with Crippen LogP contribution >= 0.6 is 0 Å². The highest BCUT2D eigenvalue weighted by atomic mass is 14.9. The first-order valence-corrected chi connectivity index (χ1v) is 5.93. The van der Waals surface area contributed by atoms with Crippen LogP contribution in [0.15, 0.2) is 24.3 Å². The molecule has 16 heavy (non-hydrogen) atoms. The van der Waals surface area contributed by atoms with Crippen LogP contribution in [-0.4, -0.2) is 18.1 Å². The summed E-state index contributed by atoms with van der Waals surface area (Å²) >= 11 is 0. The number of aromatic amines is 1. The van der Waals surface area contributed by atoms with Crippen LogP contribution in [0.4, 0.5) is 5.82 Å². The maximum atomic E-state index is 6.11. The summed E-state index contributed by atoms with van der Waals surface area (Å²) in [6, 6.07) is 8.39. The molecule has 0 unspecified atom stereocenters. The summed E-state index contributed by atoms with van der Waals surface area (Å²) in [5.74, 6) is 1.46. The molecule has 0 saturated carbocycles. The average molecular weight is 215 g/mol. The lowest BCUT2D eigenvalue weighted by Gasteiger charge is -2.22. The van der Waals surface area contributed by atoms with E-state index in [2.05, 4.69) is 28.5 Å². The molecule has 84 valence electrons. The van der Waals surface area contributed by atoms with Gasteiger partial charge in [-0.25, -0.2) is 0 Å². The van der Waals surface area contributed by atoms with Crippen LogP contribution in [0.3, 0.4) is 0 Å². The van der Waals surface area contributed by atoms with E-state index in [0.717, 1.165) is 24.4 Å². The third-order valence-corrected chi connectivity index (χ3v) is 3.52. The molecule has 3 heteroatoms. The van der Waals surface area contributed by atoms with Crippen LogP contribution in [0.25, 0.3) is 10.9 Å². The van der Waals surface area contributed by atoms with Gasteiger partial charge in [-0.15, -0.1) is 0 Å². The number of aromatic nitrogens is 1. The Hall–Kier alpha value is -1.48. The quantitative estimate of drug-likeness (QED) is 0.683.